The molecule has 1 saturated heterocycles. The van der Waals surface area contributed by atoms with Gasteiger partial charge in [-0.1, -0.05) is 49.6 Å². The molecule has 2 rings (SSSR count). The molecule has 1 aliphatic heterocycles. The van der Waals surface area contributed by atoms with Gasteiger partial charge in [0.05, 0.1) is 19.3 Å². The maximum absolute atomic E-state index is 5.64. The van der Waals surface area contributed by atoms with Gasteiger partial charge in [-0.25, -0.2) is 0 Å². The Balaban J connectivity index is 1.38. The second-order valence-electron chi connectivity index (χ2n) is 4.70. The topological polar surface area (TPSA) is 21.8 Å². The molecule has 1 atom stereocenters. The zero-order chi connectivity index (χ0) is 11.8. The van der Waals surface area contributed by atoms with Gasteiger partial charge in [-0.05, 0) is 18.4 Å². The van der Waals surface area contributed by atoms with Crippen LogP contribution in [0.1, 0.15) is 37.7 Å². The third-order valence-electron chi connectivity index (χ3n) is 3.08. The van der Waals surface area contributed by atoms with Crippen LogP contribution in [0.4, 0.5) is 0 Å². The van der Waals surface area contributed by atoms with Crippen LogP contribution in [0.5, 0.6) is 0 Å². The molecule has 1 aromatic rings. The summed E-state index contributed by atoms with van der Waals surface area (Å²) in [5.74, 6) is 0. The van der Waals surface area contributed by atoms with Crippen molar-refractivity contribution in [2.45, 2.75) is 44.8 Å². The molecule has 0 aromatic heterocycles. The van der Waals surface area contributed by atoms with E-state index in [1.807, 2.05) is 6.07 Å². The lowest BCUT2D eigenvalue weighted by atomic mass is 10.1. The fourth-order valence-corrected chi connectivity index (χ4v) is 1.93. The third-order valence-corrected chi connectivity index (χ3v) is 3.08. The van der Waals surface area contributed by atoms with Gasteiger partial charge in [-0.15, -0.1) is 0 Å². The molecule has 0 amide bonds. The van der Waals surface area contributed by atoms with Crippen LogP contribution >= 0.6 is 0 Å². The summed E-state index contributed by atoms with van der Waals surface area (Å²) in [6.45, 7) is 2.63. The molecular formula is C15H22O2. The van der Waals surface area contributed by atoms with Gasteiger partial charge < -0.3 is 9.47 Å². The van der Waals surface area contributed by atoms with Gasteiger partial charge in [0.15, 0.2) is 0 Å². The lowest BCUT2D eigenvalue weighted by Gasteiger charge is -2.04. The van der Waals surface area contributed by atoms with E-state index in [4.69, 9.17) is 9.47 Å². The van der Waals surface area contributed by atoms with E-state index in [-0.39, 0.29) is 0 Å². The molecule has 0 radical (unpaired) electrons. The van der Waals surface area contributed by atoms with E-state index in [1.54, 1.807) is 0 Å². The molecule has 1 aromatic carbocycles. The van der Waals surface area contributed by atoms with Crippen molar-refractivity contribution in [2.24, 2.45) is 0 Å². The first-order valence-electron chi connectivity index (χ1n) is 6.68. The fraction of sp³-hybridized carbons (Fsp3) is 0.600. The predicted octanol–water partition coefficient (Wildman–Crippen LogP) is 3.55. The Morgan fingerprint density at radius 2 is 1.82 bits per heavy atom. The quantitative estimate of drug-likeness (QED) is 0.481. The number of hydrogen-bond acceptors (Lipinski definition) is 2. The van der Waals surface area contributed by atoms with Crippen LogP contribution in [-0.4, -0.2) is 19.3 Å². The summed E-state index contributed by atoms with van der Waals surface area (Å²) < 4.78 is 10.8. The molecule has 0 unspecified atom stereocenters. The average molecular weight is 234 g/mol. The molecule has 2 heteroatoms. The minimum Gasteiger partial charge on any atom is -0.377 e. The van der Waals surface area contributed by atoms with Gasteiger partial charge in [0.25, 0.3) is 0 Å². The molecular weight excluding hydrogens is 212 g/mol. The number of unbranched alkanes of at least 4 members (excludes halogenated alkanes) is 3. The van der Waals surface area contributed by atoms with Crippen molar-refractivity contribution in [3.63, 3.8) is 0 Å². The Kier molecular flexibility index (Phi) is 5.53. The van der Waals surface area contributed by atoms with Crippen molar-refractivity contribution in [1.82, 2.24) is 0 Å². The van der Waals surface area contributed by atoms with Gasteiger partial charge in [0, 0.05) is 6.61 Å². The number of hydrogen-bond donors (Lipinski definition) is 0. The summed E-state index contributed by atoms with van der Waals surface area (Å²) in [5, 5.41) is 0. The number of epoxide rings is 1. The standard InChI is InChI=1S/C15H22O2/c1(6-10-15-13-17-15)2-7-11-16-12-14-8-4-3-5-9-14/h3-5,8-9,15H,1-2,6-7,10-13H2/t15-/m1/s1. The van der Waals surface area contributed by atoms with Crippen molar-refractivity contribution >= 4 is 0 Å². The van der Waals surface area contributed by atoms with Crippen molar-refractivity contribution in [3.05, 3.63) is 35.9 Å². The first kappa shape index (κ1) is 12.6. The normalized spacial score (nSPS) is 18.2. The molecule has 0 saturated carbocycles. The van der Waals surface area contributed by atoms with E-state index in [0.717, 1.165) is 19.8 Å². The van der Waals surface area contributed by atoms with E-state index in [0.29, 0.717) is 6.10 Å². The first-order valence-corrected chi connectivity index (χ1v) is 6.68. The van der Waals surface area contributed by atoms with Crippen LogP contribution in [0.3, 0.4) is 0 Å². The third kappa shape index (κ3) is 5.85. The number of rotatable bonds is 9. The fourth-order valence-electron chi connectivity index (χ4n) is 1.93. The largest absolute Gasteiger partial charge is 0.377 e. The highest BCUT2D eigenvalue weighted by molar-refractivity contribution is 5.13. The van der Waals surface area contributed by atoms with Crippen molar-refractivity contribution in [2.75, 3.05) is 13.2 Å². The highest BCUT2D eigenvalue weighted by Gasteiger charge is 2.20. The predicted molar refractivity (Wildman–Crippen MR) is 68.9 cm³/mol. The van der Waals surface area contributed by atoms with E-state index in [9.17, 15) is 0 Å². The Hall–Kier alpha value is -0.860. The Labute approximate surface area is 104 Å². The van der Waals surface area contributed by atoms with Crippen molar-refractivity contribution < 1.29 is 9.47 Å². The zero-order valence-electron chi connectivity index (χ0n) is 10.4. The molecule has 0 bridgehead atoms. The average Bonchev–Trinajstić information content (AvgIpc) is 3.18. The van der Waals surface area contributed by atoms with E-state index >= 15 is 0 Å². The van der Waals surface area contributed by atoms with E-state index in [2.05, 4.69) is 24.3 Å². The molecule has 0 aliphatic carbocycles. The summed E-state index contributed by atoms with van der Waals surface area (Å²) >= 11 is 0. The summed E-state index contributed by atoms with van der Waals surface area (Å²) in [6.07, 6.45) is 6.94. The summed E-state index contributed by atoms with van der Waals surface area (Å²) in [4.78, 5) is 0. The SMILES string of the molecule is c1ccc(COCCCCCC[C@@H]2CO2)cc1. The molecule has 2 nitrogen and oxygen atoms in total. The lowest BCUT2D eigenvalue weighted by Crippen LogP contribution is -1.95. The van der Waals surface area contributed by atoms with Crippen LogP contribution in [-0.2, 0) is 16.1 Å². The first-order chi connectivity index (χ1) is 8.45. The van der Waals surface area contributed by atoms with Gasteiger partial charge in [-0.3, -0.25) is 0 Å². The molecule has 1 aliphatic rings. The van der Waals surface area contributed by atoms with Gasteiger partial charge in [0.1, 0.15) is 0 Å². The van der Waals surface area contributed by atoms with E-state index in [1.165, 1.54) is 37.7 Å². The minimum absolute atomic E-state index is 0.601. The number of benzene rings is 1. The summed E-state index contributed by atoms with van der Waals surface area (Å²) in [7, 11) is 0. The second kappa shape index (κ2) is 7.46. The van der Waals surface area contributed by atoms with Gasteiger partial charge in [-0.2, -0.15) is 0 Å². The van der Waals surface area contributed by atoms with Gasteiger partial charge >= 0.3 is 0 Å². The van der Waals surface area contributed by atoms with Crippen LogP contribution in [0.2, 0.25) is 0 Å². The zero-order valence-corrected chi connectivity index (χ0v) is 10.4. The van der Waals surface area contributed by atoms with Crippen LogP contribution in [0.25, 0.3) is 0 Å². The monoisotopic (exact) mass is 234 g/mol. The number of ether oxygens (including phenoxy) is 2. The lowest BCUT2D eigenvalue weighted by molar-refractivity contribution is 0.116. The van der Waals surface area contributed by atoms with Crippen LogP contribution < -0.4 is 0 Å². The van der Waals surface area contributed by atoms with Gasteiger partial charge in [0.2, 0.25) is 0 Å². The summed E-state index contributed by atoms with van der Waals surface area (Å²) in [6, 6.07) is 10.4. The molecule has 94 valence electrons. The van der Waals surface area contributed by atoms with Crippen molar-refractivity contribution in [1.29, 1.82) is 0 Å². The maximum Gasteiger partial charge on any atom is 0.0810 e. The smallest absolute Gasteiger partial charge is 0.0810 e. The second-order valence-corrected chi connectivity index (χ2v) is 4.70. The maximum atomic E-state index is 5.64. The molecule has 17 heavy (non-hydrogen) atoms. The summed E-state index contributed by atoms with van der Waals surface area (Å²) in [5.41, 5.74) is 1.26. The highest BCUT2D eigenvalue weighted by Crippen LogP contribution is 2.17. The minimum atomic E-state index is 0.601. The Bertz CT molecular complexity index is 293. The Morgan fingerprint density at radius 1 is 1.06 bits per heavy atom. The molecule has 0 N–H and O–H groups in total. The molecule has 1 heterocycles. The van der Waals surface area contributed by atoms with Crippen LogP contribution in [0, 0.1) is 0 Å². The molecule has 0 spiro atoms. The molecule has 1 fully saturated rings. The van der Waals surface area contributed by atoms with Crippen molar-refractivity contribution in [3.8, 4) is 0 Å². The van der Waals surface area contributed by atoms with E-state index < -0.39 is 0 Å². The van der Waals surface area contributed by atoms with Crippen LogP contribution in [0.15, 0.2) is 30.3 Å². The Morgan fingerprint density at radius 3 is 2.59 bits per heavy atom. The highest BCUT2D eigenvalue weighted by atomic mass is 16.6.